The molecule has 2 heterocycles. The van der Waals surface area contributed by atoms with Gasteiger partial charge in [-0.3, -0.25) is 4.79 Å². The van der Waals surface area contributed by atoms with Crippen LogP contribution in [0.3, 0.4) is 0 Å². The Morgan fingerprint density at radius 3 is 2.84 bits per heavy atom. The van der Waals surface area contributed by atoms with Gasteiger partial charge in [0.25, 0.3) is 5.91 Å². The molecule has 1 aliphatic rings. The third-order valence-electron chi connectivity index (χ3n) is 3.47. The van der Waals surface area contributed by atoms with Gasteiger partial charge in [-0.05, 0) is 19.9 Å². The number of carbonyl (C=O) groups is 1. The maximum atomic E-state index is 12.5. The van der Waals surface area contributed by atoms with Gasteiger partial charge in [-0.15, -0.1) is 11.3 Å². The zero-order valence-electron chi connectivity index (χ0n) is 12.2. The van der Waals surface area contributed by atoms with Crippen LogP contribution in [0.5, 0.6) is 0 Å². The molecule has 1 unspecified atom stereocenters. The zero-order valence-corrected chi connectivity index (χ0v) is 13.0. The van der Waals surface area contributed by atoms with Crippen LogP contribution in [0, 0.1) is 0 Å². The summed E-state index contributed by atoms with van der Waals surface area (Å²) < 4.78 is 0. The lowest BCUT2D eigenvalue weighted by Crippen LogP contribution is -2.46. The Bertz CT molecular complexity index is 450. The molecule has 0 radical (unpaired) electrons. The van der Waals surface area contributed by atoms with Gasteiger partial charge in [-0.25, -0.2) is 4.98 Å². The molecule has 1 fully saturated rings. The normalized spacial score (nSPS) is 20.6. The topological polar surface area (TPSA) is 45.2 Å². The van der Waals surface area contributed by atoms with Crippen molar-refractivity contribution in [3.63, 3.8) is 0 Å². The molecule has 2 rings (SSSR count). The number of likely N-dealkylation sites (N-methyl/N-ethyl adjacent to an activating group) is 1. The van der Waals surface area contributed by atoms with Crippen LogP contribution >= 0.6 is 11.3 Å². The number of hydrogen-bond acceptors (Lipinski definition) is 4. The Balaban J connectivity index is 2.09. The number of piperidine rings is 1. The summed E-state index contributed by atoms with van der Waals surface area (Å²) in [6.45, 7) is 8.03. The molecule has 1 aromatic heterocycles. The van der Waals surface area contributed by atoms with Crippen LogP contribution < -0.4 is 5.32 Å². The van der Waals surface area contributed by atoms with E-state index in [4.69, 9.17) is 0 Å². The summed E-state index contributed by atoms with van der Waals surface area (Å²) >= 11 is 1.53. The number of likely N-dealkylation sites (tertiary alicyclic amines) is 1. The predicted octanol–water partition coefficient (Wildman–Crippen LogP) is 2.26. The number of nitrogens with zero attached hydrogens (tertiary/aromatic N) is 2. The van der Waals surface area contributed by atoms with Crippen molar-refractivity contribution in [3.8, 4) is 0 Å². The van der Waals surface area contributed by atoms with Crippen LogP contribution in [0.4, 0.5) is 0 Å². The number of nitrogens with one attached hydrogen (secondary N) is 1. The highest BCUT2D eigenvalue weighted by Crippen LogP contribution is 2.27. The van der Waals surface area contributed by atoms with E-state index in [2.05, 4.69) is 31.1 Å². The van der Waals surface area contributed by atoms with Gasteiger partial charge in [0.05, 0.1) is 11.2 Å². The molecule has 1 atom stereocenters. The molecule has 0 aliphatic carbocycles. The molecule has 1 amide bonds. The standard InChI is InChI=1S/C14H23N3OS/c1-14(2,3)13-16-8-11(19-13)12(18)17-7-5-6-10(9-17)15-4/h8,10,15H,5-7,9H2,1-4H3. The molecular weight excluding hydrogens is 258 g/mol. The molecule has 1 saturated heterocycles. The van der Waals surface area contributed by atoms with E-state index in [1.165, 1.54) is 11.3 Å². The SMILES string of the molecule is CNC1CCCN(C(=O)c2cnc(C(C)(C)C)s2)C1. The van der Waals surface area contributed by atoms with Crippen LogP contribution in [-0.2, 0) is 5.41 Å². The van der Waals surface area contributed by atoms with Gasteiger partial charge in [0.1, 0.15) is 4.88 Å². The molecule has 0 saturated carbocycles. The third kappa shape index (κ3) is 3.34. The summed E-state index contributed by atoms with van der Waals surface area (Å²) in [5.41, 5.74) is 0.0125. The minimum Gasteiger partial charge on any atom is -0.336 e. The fraction of sp³-hybridized carbons (Fsp3) is 0.714. The van der Waals surface area contributed by atoms with Crippen LogP contribution in [0.25, 0.3) is 0 Å². The van der Waals surface area contributed by atoms with Crippen molar-refractivity contribution in [3.05, 3.63) is 16.1 Å². The Labute approximate surface area is 119 Å². The highest BCUT2D eigenvalue weighted by Gasteiger charge is 2.26. The Morgan fingerprint density at radius 2 is 2.26 bits per heavy atom. The largest absolute Gasteiger partial charge is 0.336 e. The third-order valence-corrected chi connectivity index (χ3v) is 4.89. The number of carbonyl (C=O) groups excluding carboxylic acids is 1. The maximum Gasteiger partial charge on any atom is 0.265 e. The molecule has 1 N–H and O–H groups in total. The van der Waals surface area contributed by atoms with Gasteiger partial charge in [0.2, 0.25) is 0 Å². The van der Waals surface area contributed by atoms with Crippen molar-refractivity contribution in [1.29, 1.82) is 0 Å². The maximum absolute atomic E-state index is 12.5. The summed E-state index contributed by atoms with van der Waals surface area (Å²) in [6, 6.07) is 0.424. The van der Waals surface area contributed by atoms with E-state index in [0.717, 1.165) is 35.8 Å². The molecule has 1 aromatic rings. The van der Waals surface area contributed by atoms with Crippen LogP contribution in [0.15, 0.2) is 6.20 Å². The number of aromatic nitrogens is 1. The highest BCUT2D eigenvalue weighted by atomic mass is 32.1. The van der Waals surface area contributed by atoms with E-state index < -0.39 is 0 Å². The van der Waals surface area contributed by atoms with Crippen molar-refractivity contribution in [2.24, 2.45) is 0 Å². The van der Waals surface area contributed by atoms with E-state index >= 15 is 0 Å². The quantitative estimate of drug-likeness (QED) is 0.904. The minimum absolute atomic E-state index is 0.0125. The van der Waals surface area contributed by atoms with Crippen molar-refractivity contribution >= 4 is 17.2 Å². The van der Waals surface area contributed by atoms with Gasteiger partial charge in [-0.2, -0.15) is 0 Å². The number of hydrogen-bond donors (Lipinski definition) is 1. The average Bonchev–Trinajstić information content (AvgIpc) is 2.87. The monoisotopic (exact) mass is 281 g/mol. The van der Waals surface area contributed by atoms with E-state index in [1.807, 2.05) is 11.9 Å². The van der Waals surface area contributed by atoms with Gasteiger partial charge < -0.3 is 10.2 Å². The second kappa shape index (κ2) is 5.59. The van der Waals surface area contributed by atoms with Gasteiger partial charge >= 0.3 is 0 Å². The van der Waals surface area contributed by atoms with Crippen LogP contribution in [-0.4, -0.2) is 42.0 Å². The lowest BCUT2D eigenvalue weighted by atomic mass is 9.98. The molecule has 1 aliphatic heterocycles. The second-order valence-corrected chi connectivity index (χ2v) is 7.19. The van der Waals surface area contributed by atoms with E-state index in [-0.39, 0.29) is 11.3 Å². The number of amides is 1. The predicted molar refractivity (Wildman–Crippen MR) is 78.8 cm³/mol. The summed E-state index contributed by atoms with van der Waals surface area (Å²) in [7, 11) is 1.96. The molecule has 5 heteroatoms. The number of thiazole rings is 1. The first-order valence-electron chi connectivity index (χ1n) is 6.84. The average molecular weight is 281 g/mol. The summed E-state index contributed by atoms with van der Waals surface area (Å²) in [5.74, 6) is 0.132. The zero-order chi connectivity index (χ0) is 14.0. The van der Waals surface area contributed by atoms with Crippen molar-refractivity contribution in [1.82, 2.24) is 15.2 Å². The van der Waals surface area contributed by atoms with Gasteiger partial charge in [0, 0.05) is 24.5 Å². The first-order chi connectivity index (χ1) is 8.91. The summed E-state index contributed by atoms with van der Waals surface area (Å²) in [6.07, 6.45) is 3.95. The molecule has 106 valence electrons. The molecule has 0 aromatic carbocycles. The minimum atomic E-state index is 0.0125. The van der Waals surface area contributed by atoms with E-state index in [0.29, 0.717) is 6.04 Å². The first-order valence-corrected chi connectivity index (χ1v) is 7.66. The smallest absolute Gasteiger partial charge is 0.265 e. The number of rotatable bonds is 2. The molecule has 0 bridgehead atoms. The van der Waals surface area contributed by atoms with Crippen LogP contribution in [0.1, 0.15) is 48.3 Å². The van der Waals surface area contributed by atoms with Gasteiger partial charge in [-0.1, -0.05) is 20.8 Å². The van der Waals surface area contributed by atoms with Gasteiger partial charge in [0.15, 0.2) is 0 Å². The van der Waals surface area contributed by atoms with Crippen LogP contribution in [0.2, 0.25) is 0 Å². The van der Waals surface area contributed by atoms with Crippen molar-refractivity contribution < 1.29 is 4.79 Å². The molecule has 0 spiro atoms. The highest BCUT2D eigenvalue weighted by molar-refractivity contribution is 7.13. The Hall–Kier alpha value is -0.940. The van der Waals surface area contributed by atoms with E-state index in [9.17, 15) is 4.79 Å². The van der Waals surface area contributed by atoms with Crippen molar-refractivity contribution in [2.45, 2.75) is 45.1 Å². The fourth-order valence-corrected chi connectivity index (χ4v) is 3.21. The Morgan fingerprint density at radius 1 is 1.53 bits per heavy atom. The molecule has 4 nitrogen and oxygen atoms in total. The molecular formula is C14H23N3OS. The van der Waals surface area contributed by atoms with Crippen molar-refractivity contribution in [2.75, 3.05) is 20.1 Å². The summed E-state index contributed by atoms with van der Waals surface area (Å²) in [4.78, 5) is 19.6. The lowest BCUT2D eigenvalue weighted by Gasteiger charge is -2.32. The second-order valence-electron chi connectivity index (χ2n) is 6.16. The fourth-order valence-electron chi connectivity index (χ4n) is 2.27. The Kier molecular flexibility index (Phi) is 4.26. The summed E-state index contributed by atoms with van der Waals surface area (Å²) in [5, 5.41) is 4.29. The van der Waals surface area contributed by atoms with E-state index in [1.54, 1.807) is 6.20 Å². The molecule has 19 heavy (non-hydrogen) atoms. The lowest BCUT2D eigenvalue weighted by molar-refractivity contribution is 0.0703. The first kappa shape index (κ1) is 14.5.